The Balaban J connectivity index is 2.27. The lowest BCUT2D eigenvalue weighted by Crippen LogP contribution is -2.00. The van der Waals surface area contributed by atoms with Crippen LogP contribution in [0.25, 0.3) is 5.69 Å². The second kappa shape index (κ2) is 5.25. The molecule has 6 heteroatoms. The van der Waals surface area contributed by atoms with Gasteiger partial charge in [-0.05, 0) is 31.5 Å². The Morgan fingerprint density at radius 3 is 3.00 bits per heavy atom. The lowest BCUT2D eigenvalue weighted by atomic mass is 10.2. The van der Waals surface area contributed by atoms with E-state index in [2.05, 4.69) is 10.3 Å². The molecular weight excluding hydrogens is 243 g/mol. The highest BCUT2D eigenvalue weighted by Gasteiger charge is 2.10. The van der Waals surface area contributed by atoms with Gasteiger partial charge < -0.3 is 5.73 Å². The van der Waals surface area contributed by atoms with Gasteiger partial charge in [-0.1, -0.05) is 22.9 Å². The summed E-state index contributed by atoms with van der Waals surface area (Å²) in [6, 6.07) is 4.76. The van der Waals surface area contributed by atoms with Gasteiger partial charge in [-0.25, -0.2) is 9.07 Å². The molecule has 1 aromatic heterocycles. The predicted molar refractivity (Wildman–Crippen MR) is 63.7 cm³/mol. The lowest BCUT2D eigenvalue weighted by molar-refractivity contribution is 0.607. The van der Waals surface area contributed by atoms with Crippen molar-refractivity contribution in [3.05, 3.63) is 40.9 Å². The van der Waals surface area contributed by atoms with Crippen LogP contribution in [0.15, 0.2) is 24.4 Å². The molecular formula is C11H12ClFN4. The highest BCUT2D eigenvalue weighted by molar-refractivity contribution is 6.30. The van der Waals surface area contributed by atoms with Crippen LogP contribution in [0, 0.1) is 5.82 Å². The van der Waals surface area contributed by atoms with Crippen LogP contribution in [0.2, 0.25) is 5.02 Å². The number of hydrogen-bond donors (Lipinski definition) is 1. The third-order valence-corrected chi connectivity index (χ3v) is 2.65. The highest BCUT2D eigenvalue weighted by atomic mass is 35.5. The first-order valence-corrected chi connectivity index (χ1v) is 5.66. The number of rotatable bonds is 4. The maximum absolute atomic E-state index is 13.7. The van der Waals surface area contributed by atoms with Gasteiger partial charge in [0.15, 0.2) is 5.82 Å². The van der Waals surface area contributed by atoms with E-state index >= 15 is 0 Å². The van der Waals surface area contributed by atoms with Crippen molar-refractivity contribution in [3.63, 3.8) is 0 Å². The van der Waals surface area contributed by atoms with Crippen molar-refractivity contribution in [2.75, 3.05) is 6.54 Å². The molecule has 4 nitrogen and oxygen atoms in total. The molecule has 0 aliphatic heterocycles. The van der Waals surface area contributed by atoms with Crippen molar-refractivity contribution in [1.82, 2.24) is 15.0 Å². The molecule has 2 aromatic rings. The number of halogens is 2. The van der Waals surface area contributed by atoms with E-state index < -0.39 is 5.82 Å². The number of aromatic nitrogens is 3. The zero-order chi connectivity index (χ0) is 12.3. The largest absolute Gasteiger partial charge is 0.330 e. The second-order valence-corrected chi connectivity index (χ2v) is 4.03. The average molecular weight is 255 g/mol. The number of nitrogens with zero attached hydrogens (tertiary/aromatic N) is 3. The third-order valence-electron chi connectivity index (χ3n) is 2.36. The van der Waals surface area contributed by atoms with Gasteiger partial charge in [0.25, 0.3) is 0 Å². The Bertz CT molecular complexity index is 512. The first kappa shape index (κ1) is 12.0. The molecule has 0 amide bonds. The van der Waals surface area contributed by atoms with Gasteiger partial charge in [-0.15, -0.1) is 5.10 Å². The summed E-state index contributed by atoms with van der Waals surface area (Å²) in [6.07, 6.45) is 3.25. The minimum absolute atomic E-state index is 0.0708. The lowest BCUT2D eigenvalue weighted by Gasteiger charge is -2.02. The Kier molecular flexibility index (Phi) is 3.71. The van der Waals surface area contributed by atoms with E-state index in [9.17, 15) is 4.39 Å². The van der Waals surface area contributed by atoms with Crippen LogP contribution < -0.4 is 5.73 Å². The van der Waals surface area contributed by atoms with Crippen LogP contribution in [0.4, 0.5) is 4.39 Å². The molecule has 0 radical (unpaired) electrons. The maximum Gasteiger partial charge on any atom is 0.167 e. The van der Waals surface area contributed by atoms with Crippen LogP contribution in [0.3, 0.4) is 0 Å². The van der Waals surface area contributed by atoms with Gasteiger partial charge in [0, 0.05) is 0 Å². The molecule has 0 saturated heterocycles. The summed E-state index contributed by atoms with van der Waals surface area (Å²) in [6.45, 7) is 0.596. The summed E-state index contributed by atoms with van der Waals surface area (Å²) in [5.41, 5.74) is 6.49. The molecule has 0 unspecified atom stereocenters. The number of benzene rings is 1. The van der Waals surface area contributed by atoms with Gasteiger partial charge in [0.05, 0.1) is 16.9 Å². The highest BCUT2D eigenvalue weighted by Crippen LogP contribution is 2.20. The van der Waals surface area contributed by atoms with Crippen molar-refractivity contribution in [2.45, 2.75) is 12.8 Å². The minimum Gasteiger partial charge on any atom is -0.330 e. The summed E-state index contributed by atoms with van der Waals surface area (Å²) in [5.74, 6) is -0.496. The van der Waals surface area contributed by atoms with Crippen LogP contribution in [0.1, 0.15) is 12.1 Å². The Hall–Kier alpha value is -1.46. The molecule has 0 bridgehead atoms. The molecule has 90 valence electrons. The first-order valence-electron chi connectivity index (χ1n) is 5.28. The molecule has 0 aliphatic rings. The van der Waals surface area contributed by atoms with Gasteiger partial charge in [-0.3, -0.25) is 0 Å². The molecule has 0 atom stereocenters. The summed E-state index contributed by atoms with van der Waals surface area (Å²) >= 11 is 5.70. The standard InChI is InChI=1S/C11H12ClFN4/c12-9-4-1-5-10(11(9)13)17-7-8(15-16-17)3-2-6-14/h1,4-5,7H,2-3,6,14H2. The smallest absolute Gasteiger partial charge is 0.167 e. The molecule has 1 aromatic carbocycles. The van der Waals surface area contributed by atoms with E-state index in [4.69, 9.17) is 17.3 Å². The maximum atomic E-state index is 13.7. The molecule has 1 heterocycles. The normalized spacial score (nSPS) is 10.8. The van der Waals surface area contributed by atoms with Crippen LogP contribution in [-0.2, 0) is 6.42 Å². The van der Waals surface area contributed by atoms with Crippen molar-refractivity contribution in [2.24, 2.45) is 5.73 Å². The molecule has 2 N–H and O–H groups in total. The van der Waals surface area contributed by atoms with E-state index in [1.165, 1.54) is 10.7 Å². The number of hydrogen-bond acceptors (Lipinski definition) is 3. The van der Waals surface area contributed by atoms with E-state index in [1.54, 1.807) is 18.3 Å². The van der Waals surface area contributed by atoms with Gasteiger partial charge in [-0.2, -0.15) is 0 Å². The zero-order valence-electron chi connectivity index (χ0n) is 9.11. The number of aryl methyl sites for hydroxylation is 1. The quantitative estimate of drug-likeness (QED) is 0.907. The van der Waals surface area contributed by atoms with Crippen LogP contribution in [0.5, 0.6) is 0 Å². The fraction of sp³-hybridized carbons (Fsp3) is 0.273. The second-order valence-electron chi connectivity index (χ2n) is 3.62. The summed E-state index contributed by atoms with van der Waals surface area (Å²) in [7, 11) is 0. The zero-order valence-corrected chi connectivity index (χ0v) is 9.86. The first-order chi connectivity index (χ1) is 8.22. The van der Waals surface area contributed by atoms with Gasteiger partial charge in [0.2, 0.25) is 0 Å². The SMILES string of the molecule is NCCCc1cn(-c2cccc(Cl)c2F)nn1. The molecule has 0 fully saturated rings. The Morgan fingerprint density at radius 1 is 1.41 bits per heavy atom. The fourth-order valence-corrected chi connectivity index (χ4v) is 1.65. The topological polar surface area (TPSA) is 56.7 Å². The number of nitrogens with two attached hydrogens (primary N) is 1. The molecule has 2 rings (SSSR count). The minimum atomic E-state index is -0.496. The van der Waals surface area contributed by atoms with Gasteiger partial charge in [0.1, 0.15) is 5.69 Å². The van der Waals surface area contributed by atoms with Crippen LogP contribution in [-0.4, -0.2) is 21.5 Å². The van der Waals surface area contributed by atoms with E-state index in [1.807, 2.05) is 0 Å². The van der Waals surface area contributed by atoms with E-state index in [-0.39, 0.29) is 5.02 Å². The predicted octanol–water partition coefficient (Wildman–Crippen LogP) is 1.95. The molecule has 0 spiro atoms. The Morgan fingerprint density at radius 2 is 2.24 bits per heavy atom. The monoisotopic (exact) mass is 254 g/mol. The molecule has 17 heavy (non-hydrogen) atoms. The molecule has 0 aliphatic carbocycles. The Labute approximate surface area is 103 Å². The average Bonchev–Trinajstić information content (AvgIpc) is 2.78. The summed E-state index contributed by atoms with van der Waals surface area (Å²) < 4.78 is 15.1. The summed E-state index contributed by atoms with van der Waals surface area (Å²) in [4.78, 5) is 0. The van der Waals surface area contributed by atoms with Crippen molar-refractivity contribution in [3.8, 4) is 5.69 Å². The third kappa shape index (κ3) is 2.62. The van der Waals surface area contributed by atoms with Crippen LogP contribution >= 0.6 is 11.6 Å². The van der Waals surface area contributed by atoms with E-state index in [0.717, 1.165) is 18.5 Å². The van der Waals surface area contributed by atoms with Crippen molar-refractivity contribution in [1.29, 1.82) is 0 Å². The van der Waals surface area contributed by atoms with Crippen molar-refractivity contribution < 1.29 is 4.39 Å². The summed E-state index contributed by atoms with van der Waals surface area (Å²) in [5, 5.41) is 7.89. The fourth-order valence-electron chi connectivity index (χ4n) is 1.48. The van der Waals surface area contributed by atoms with Crippen molar-refractivity contribution >= 4 is 11.6 Å². The van der Waals surface area contributed by atoms with Gasteiger partial charge >= 0.3 is 0 Å². The molecule has 0 saturated carbocycles. The van der Waals surface area contributed by atoms with E-state index in [0.29, 0.717) is 12.2 Å².